The van der Waals surface area contributed by atoms with Crippen molar-refractivity contribution in [1.29, 1.82) is 0 Å². The molecule has 1 aliphatic rings. The van der Waals surface area contributed by atoms with Crippen molar-refractivity contribution >= 4 is 67.3 Å². The van der Waals surface area contributed by atoms with Crippen LogP contribution in [0.4, 0.5) is 34.1 Å². The van der Waals surface area contributed by atoms with Crippen LogP contribution in [0.25, 0.3) is 21.5 Å². The van der Waals surface area contributed by atoms with Gasteiger partial charge in [-0.3, -0.25) is 9.80 Å². The summed E-state index contributed by atoms with van der Waals surface area (Å²) in [6.45, 7) is 0. The number of benzene rings is 8. The Kier molecular flexibility index (Phi) is 7.45. The van der Waals surface area contributed by atoms with E-state index < -0.39 is 0 Å². The lowest BCUT2D eigenvalue weighted by Crippen LogP contribution is -2.30. The molecule has 4 nitrogen and oxygen atoms in total. The number of aliphatic imine (C=N–C) groups is 2. The Hall–Kier alpha value is -6.78. The zero-order valence-electron chi connectivity index (χ0n) is 27.3. The average Bonchev–Trinajstić information content (AvgIpc) is 3.18. The molecule has 236 valence electrons. The van der Waals surface area contributed by atoms with Gasteiger partial charge in [0.25, 0.3) is 0 Å². The zero-order chi connectivity index (χ0) is 33.3. The summed E-state index contributed by atoms with van der Waals surface area (Å²) in [5, 5.41) is 4.48. The van der Waals surface area contributed by atoms with Crippen LogP contribution in [0, 0.1) is 0 Å². The van der Waals surface area contributed by atoms with E-state index in [0.717, 1.165) is 78.5 Å². The SMILES string of the molecule is c1ccc(N(/C2=N/c3cc4ccccc4cc3/C(N(c3ccccc3)c3ccccc3)=N\c3cc4ccccc4cc32)c2ccccc2)cc1. The Bertz CT molecular complexity index is 2270. The van der Waals surface area contributed by atoms with E-state index in [0.29, 0.717) is 0 Å². The highest BCUT2D eigenvalue weighted by Gasteiger charge is 2.28. The van der Waals surface area contributed by atoms with Gasteiger partial charge in [0.05, 0.1) is 11.4 Å². The van der Waals surface area contributed by atoms with Gasteiger partial charge in [-0.05, 0) is 94.3 Å². The average molecular weight is 641 g/mol. The lowest BCUT2D eigenvalue weighted by Gasteiger charge is -2.31. The molecule has 0 spiro atoms. The Morgan fingerprint density at radius 2 is 0.540 bits per heavy atom. The zero-order valence-corrected chi connectivity index (χ0v) is 27.3. The van der Waals surface area contributed by atoms with Crippen molar-refractivity contribution in [2.75, 3.05) is 9.80 Å². The monoisotopic (exact) mass is 640 g/mol. The summed E-state index contributed by atoms with van der Waals surface area (Å²) >= 11 is 0. The second-order valence-corrected chi connectivity index (χ2v) is 12.3. The molecule has 1 heterocycles. The number of nitrogens with zero attached hydrogens (tertiary/aromatic N) is 4. The third-order valence-electron chi connectivity index (χ3n) is 9.14. The van der Waals surface area contributed by atoms with Crippen LogP contribution in [0.1, 0.15) is 11.1 Å². The number of amidine groups is 2. The van der Waals surface area contributed by atoms with Crippen LogP contribution >= 0.6 is 0 Å². The first-order valence-corrected chi connectivity index (χ1v) is 16.8. The largest absolute Gasteiger partial charge is 0.294 e. The van der Waals surface area contributed by atoms with Crippen molar-refractivity contribution in [3.63, 3.8) is 0 Å². The predicted octanol–water partition coefficient (Wildman–Crippen LogP) is 12.1. The highest BCUT2D eigenvalue weighted by Crippen LogP contribution is 2.41. The number of hydrogen-bond donors (Lipinski definition) is 0. The normalized spacial score (nSPS) is 14.3. The van der Waals surface area contributed by atoms with E-state index in [-0.39, 0.29) is 0 Å². The molecular weight excluding hydrogens is 609 g/mol. The first-order chi connectivity index (χ1) is 24.8. The molecule has 0 saturated carbocycles. The van der Waals surface area contributed by atoms with Gasteiger partial charge in [-0.15, -0.1) is 0 Å². The van der Waals surface area contributed by atoms with Gasteiger partial charge in [0.2, 0.25) is 0 Å². The highest BCUT2D eigenvalue weighted by atomic mass is 15.2. The summed E-state index contributed by atoms with van der Waals surface area (Å²) in [5.74, 6) is 1.60. The molecule has 0 radical (unpaired) electrons. The second kappa shape index (κ2) is 12.7. The molecule has 0 amide bonds. The lowest BCUT2D eigenvalue weighted by molar-refractivity contribution is 1.27. The molecule has 8 aromatic rings. The maximum atomic E-state index is 5.71. The van der Waals surface area contributed by atoms with Gasteiger partial charge in [-0.1, -0.05) is 121 Å². The Labute approximate surface area is 291 Å². The topological polar surface area (TPSA) is 31.2 Å². The molecule has 0 unspecified atom stereocenters. The molecule has 0 atom stereocenters. The van der Waals surface area contributed by atoms with Crippen LogP contribution in [0.15, 0.2) is 204 Å². The maximum absolute atomic E-state index is 5.71. The quantitative estimate of drug-likeness (QED) is 0.192. The van der Waals surface area contributed by atoms with Gasteiger partial charge in [0.15, 0.2) is 0 Å². The number of hydrogen-bond acceptors (Lipinski definition) is 4. The van der Waals surface area contributed by atoms with Crippen molar-refractivity contribution in [2.24, 2.45) is 9.98 Å². The highest BCUT2D eigenvalue weighted by molar-refractivity contribution is 6.25. The van der Waals surface area contributed by atoms with E-state index >= 15 is 0 Å². The fraction of sp³-hybridized carbons (Fsp3) is 0. The third-order valence-corrected chi connectivity index (χ3v) is 9.14. The summed E-state index contributed by atoms with van der Waals surface area (Å²) in [6, 6.07) is 67.7. The first kappa shape index (κ1) is 29.4. The van der Waals surface area contributed by atoms with Crippen LogP contribution in [0.2, 0.25) is 0 Å². The van der Waals surface area contributed by atoms with E-state index in [2.05, 4.69) is 180 Å². The minimum Gasteiger partial charge on any atom is -0.294 e. The Morgan fingerprint density at radius 1 is 0.280 bits per heavy atom. The fourth-order valence-corrected chi connectivity index (χ4v) is 6.78. The molecular formula is C46H32N4. The van der Waals surface area contributed by atoms with Crippen molar-refractivity contribution < 1.29 is 0 Å². The molecule has 8 aromatic carbocycles. The van der Waals surface area contributed by atoms with Gasteiger partial charge in [-0.2, -0.15) is 0 Å². The minimum absolute atomic E-state index is 0.799. The Morgan fingerprint density at radius 3 is 0.840 bits per heavy atom. The van der Waals surface area contributed by atoms with Crippen LogP contribution < -0.4 is 9.80 Å². The molecule has 4 heteroatoms. The molecule has 50 heavy (non-hydrogen) atoms. The van der Waals surface area contributed by atoms with Gasteiger partial charge in [-0.25, -0.2) is 9.98 Å². The molecule has 9 rings (SSSR count). The number of rotatable bonds is 4. The standard InChI is InChI=1S/C46H32N4/c1-5-21-37(22-6-1)49(38-23-7-2-8-24-38)45-41-29-33-17-13-15-19-35(33)31-43(41)48-46(42-30-34-18-14-16-20-36(34)32-44(42)47-45)50(39-25-9-3-10-26-39)40-27-11-4-12-28-40/h1-32H/b45-41?,46-42?,47-44?,47-45+,48-43?,48-46+. The second-order valence-electron chi connectivity index (χ2n) is 12.3. The van der Waals surface area contributed by atoms with E-state index in [1.54, 1.807) is 0 Å². The van der Waals surface area contributed by atoms with Crippen LogP contribution in [0.5, 0.6) is 0 Å². The molecule has 0 bridgehead atoms. The molecule has 0 fully saturated rings. The smallest absolute Gasteiger partial charge is 0.147 e. The van der Waals surface area contributed by atoms with E-state index in [1.807, 2.05) is 24.3 Å². The summed E-state index contributed by atoms with van der Waals surface area (Å²) in [5.41, 5.74) is 7.60. The molecule has 1 aliphatic heterocycles. The third kappa shape index (κ3) is 5.39. The van der Waals surface area contributed by atoms with Crippen LogP contribution in [-0.4, -0.2) is 11.7 Å². The lowest BCUT2D eigenvalue weighted by atomic mass is 9.99. The predicted molar refractivity (Wildman–Crippen MR) is 210 cm³/mol. The molecule has 0 aromatic heterocycles. The van der Waals surface area contributed by atoms with Crippen molar-refractivity contribution in [3.05, 3.63) is 205 Å². The van der Waals surface area contributed by atoms with Crippen LogP contribution in [-0.2, 0) is 0 Å². The van der Waals surface area contributed by atoms with Gasteiger partial charge >= 0.3 is 0 Å². The van der Waals surface area contributed by atoms with Crippen molar-refractivity contribution in [1.82, 2.24) is 0 Å². The summed E-state index contributed by atoms with van der Waals surface area (Å²) in [7, 11) is 0. The van der Waals surface area contributed by atoms with E-state index in [1.165, 1.54) is 0 Å². The van der Waals surface area contributed by atoms with Gasteiger partial charge < -0.3 is 0 Å². The number of anilines is 4. The molecule has 0 saturated heterocycles. The van der Waals surface area contributed by atoms with E-state index in [4.69, 9.17) is 9.98 Å². The van der Waals surface area contributed by atoms with E-state index in [9.17, 15) is 0 Å². The van der Waals surface area contributed by atoms with Gasteiger partial charge in [0, 0.05) is 33.9 Å². The van der Waals surface area contributed by atoms with Gasteiger partial charge in [0.1, 0.15) is 11.7 Å². The van der Waals surface area contributed by atoms with Crippen molar-refractivity contribution in [3.8, 4) is 0 Å². The summed E-state index contributed by atoms with van der Waals surface area (Å²) in [6.07, 6.45) is 0. The maximum Gasteiger partial charge on any atom is 0.147 e. The molecule has 0 aliphatic carbocycles. The summed E-state index contributed by atoms with van der Waals surface area (Å²) in [4.78, 5) is 15.9. The number of fused-ring (bicyclic) bond motifs is 4. The molecule has 0 N–H and O–H groups in total. The summed E-state index contributed by atoms with van der Waals surface area (Å²) < 4.78 is 0. The minimum atomic E-state index is 0.799. The number of para-hydroxylation sites is 4. The van der Waals surface area contributed by atoms with Crippen LogP contribution in [0.3, 0.4) is 0 Å². The Balaban J connectivity index is 1.42. The fourth-order valence-electron chi connectivity index (χ4n) is 6.78. The van der Waals surface area contributed by atoms with Crippen molar-refractivity contribution in [2.45, 2.75) is 0 Å². The first-order valence-electron chi connectivity index (χ1n) is 16.8.